The second kappa shape index (κ2) is 69.8. The summed E-state index contributed by atoms with van der Waals surface area (Å²) in [7, 11) is -9.92. The van der Waals surface area contributed by atoms with Crippen LogP contribution in [0.15, 0.2) is 0 Å². The molecule has 3 N–H and O–H groups in total. The number of hydrogen-bond donors (Lipinski definition) is 3. The van der Waals surface area contributed by atoms with Gasteiger partial charge in [-0.05, 0) is 37.5 Å². The molecule has 0 amide bonds. The Labute approximate surface area is 594 Å². The Morgan fingerprint density at radius 1 is 0.299 bits per heavy atom. The molecule has 576 valence electrons. The summed E-state index contributed by atoms with van der Waals surface area (Å²) in [4.78, 5) is 72.9. The number of ether oxygens (including phenoxy) is 4. The van der Waals surface area contributed by atoms with Gasteiger partial charge < -0.3 is 33.8 Å². The highest BCUT2D eigenvalue weighted by Crippen LogP contribution is 2.45. The first kappa shape index (κ1) is 95.1. The number of esters is 4. The summed E-state index contributed by atoms with van der Waals surface area (Å²) in [6.07, 6.45) is 58.1. The Morgan fingerprint density at radius 3 is 0.784 bits per heavy atom. The van der Waals surface area contributed by atoms with Crippen molar-refractivity contribution in [1.82, 2.24) is 0 Å². The van der Waals surface area contributed by atoms with Crippen molar-refractivity contribution < 1.29 is 80.2 Å². The fraction of sp³-hybridized carbons (Fsp3) is 0.949. The average molecular weight is 1420 g/mol. The van der Waals surface area contributed by atoms with Gasteiger partial charge in [0.15, 0.2) is 12.2 Å². The van der Waals surface area contributed by atoms with Gasteiger partial charge in [-0.1, -0.05) is 356 Å². The molecule has 6 atom stereocenters. The topological polar surface area (TPSA) is 237 Å². The van der Waals surface area contributed by atoms with E-state index in [1.165, 1.54) is 225 Å². The molecular weight excluding hydrogens is 1270 g/mol. The van der Waals surface area contributed by atoms with Crippen LogP contribution in [-0.4, -0.2) is 96.7 Å². The SMILES string of the molecule is CCCCCCCCCCCCCCCCCCCC(=O)O[C@H](COC(=O)CCCCCCCCCCCCCC(C)C)COP(=O)(O)OC[C@@H](O)COP(=O)(O)OC[C@@H](COC(=O)CCCCCCCCCCC(C)CC)OC(=O)CCCCCCCCCCCCCCCC. The number of aliphatic hydroxyl groups excluding tert-OH is 1. The normalized spacial score (nSPS) is 14.2. The lowest BCUT2D eigenvalue weighted by Gasteiger charge is -2.21. The van der Waals surface area contributed by atoms with E-state index in [1.54, 1.807) is 0 Å². The molecule has 0 bridgehead atoms. The van der Waals surface area contributed by atoms with E-state index in [9.17, 15) is 43.2 Å². The van der Waals surface area contributed by atoms with E-state index in [0.29, 0.717) is 25.7 Å². The molecule has 0 aromatic heterocycles. The van der Waals surface area contributed by atoms with Gasteiger partial charge in [-0.3, -0.25) is 37.3 Å². The zero-order valence-corrected chi connectivity index (χ0v) is 65.2. The molecule has 0 aliphatic rings. The van der Waals surface area contributed by atoms with Crippen LogP contribution < -0.4 is 0 Å². The van der Waals surface area contributed by atoms with Crippen molar-refractivity contribution in [2.75, 3.05) is 39.6 Å². The first-order valence-electron chi connectivity index (χ1n) is 40.5. The van der Waals surface area contributed by atoms with Gasteiger partial charge in [-0.2, -0.15) is 0 Å². The highest BCUT2D eigenvalue weighted by molar-refractivity contribution is 7.47. The second-order valence-corrected chi connectivity index (χ2v) is 31.7. The van der Waals surface area contributed by atoms with E-state index < -0.39 is 97.5 Å². The molecule has 0 radical (unpaired) electrons. The molecule has 0 aromatic carbocycles. The zero-order chi connectivity index (χ0) is 71.4. The van der Waals surface area contributed by atoms with Crippen LogP contribution in [0, 0.1) is 11.8 Å². The van der Waals surface area contributed by atoms with E-state index in [2.05, 4.69) is 41.5 Å². The predicted molar refractivity (Wildman–Crippen MR) is 395 cm³/mol. The monoisotopic (exact) mass is 1420 g/mol. The maximum atomic E-state index is 13.1. The van der Waals surface area contributed by atoms with Gasteiger partial charge in [0.1, 0.15) is 19.3 Å². The van der Waals surface area contributed by atoms with Crippen molar-refractivity contribution >= 4 is 39.5 Å². The van der Waals surface area contributed by atoms with Gasteiger partial charge in [0.25, 0.3) is 0 Å². The smallest absolute Gasteiger partial charge is 0.462 e. The van der Waals surface area contributed by atoms with Gasteiger partial charge in [-0.15, -0.1) is 0 Å². The maximum Gasteiger partial charge on any atom is 0.472 e. The van der Waals surface area contributed by atoms with Crippen molar-refractivity contribution in [1.29, 1.82) is 0 Å². The van der Waals surface area contributed by atoms with Gasteiger partial charge in [0.05, 0.1) is 26.4 Å². The molecule has 0 rings (SSSR count). The lowest BCUT2D eigenvalue weighted by atomic mass is 9.99. The van der Waals surface area contributed by atoms with Crippen molar-refractivity contribution in [2.45, 2.75) is 426 Å². The lowest BCUT2D eigenvalue weighted by molar-refractivity contribution is -0.161. The summed E-state index contributed by atoms with van der Waals surface area (Å²) in [6.45, 7) is 9.63. The first-order valence-corrected chi connectivity index (χ1v) is 43.5. The van der Waals surface area contributed by atoms with E-state index in [0.717, 1.165) is 102 Å². The Kier molecular flexibility index (Phi) is 68.4. The number of unbranched alkanes of at least 4 members (excludes halogenated alkanes) is 46. The molecule has 0 aliphatic carbocycles. The summed E-state index contributed by atoms with van der Waals surface area (Å²) in [5.41, 5.74) is 0. The van der Waals surface area contributed by atoms with Gasteiger partial charge >= 0.3 is 39.5 Å². The summed E-state index contributed by atoms with van der Waals surface area (Å²) in [5, 5.41) is 10.6. The Hall–Kier alpha value is -1.94. The number of hydrogen-bond acceptors (Lipinski definition) is 15. The fourth-order valence-corrected chi connectivity index (χ4v) is 13.6. The van der Waals surface area contributed by atoms with Crippen LogP contribution in [0.1, 0.15) is 408 Å². The molecule has 3 unspecified atom stereocenters. The molecule has 17 nitrogen and oxygen atoms in total. The van der Waals surface area contributed by atoms with Gasteiger partial charge in [-0.25, -0.2) is 9.13 Å². The van der Waals surface area contributed by atoms with Gasteiger partial charge in [0.2, 0.25) is 0 Å². The van der Waals surface area contributed by atoms with Crippen LogP contribution >= 0.6 is 15.6 Å². The minimum absolute atomic E-state index is 0.108. The third-order valence-corrected chi connectivity index (χ3v) is 20.5. The molecule has 0 fully saturated rings. The molecule has 0 heterocycles. The van der Waals surface area contributed by atoms with Crippen LogP contribution in [-0.2, 0) is 65.4 Å². The molecule has 0 saturated carbocycles. The van der Waals surface area contributed by atoms with E-state index >= 15 is 0 Å². The molecule has 19 heteroatoms. The highest BCUT2D eigenvalue weighted by atomic mass is 31.2. The Morgan fingerprint density at radius 2 is 0.526 bits per heavy atom. The van der Waals surface area contributed by atoms with Crippen molar-refractivity contribution in [2.24, 2.45) is 11.8 Å². The number of rotatable bonds is 77. The molecule has 97 heavy (non-hydrogen) atoms. The number of phosphoric ester groups is 2. The van der Waals surface area contributed by atoms with Crippen LogP contribution in [0.5, 0.6) is 0 Å². The highest BCUT2D eigenvalue weighted by Gasteiger charge is 2.30. The third-order valence-electron chi connectivity index (χ3n) is 18.6. The van der Waals surface area contributed by atoms with Crippen molar-refractivity contribution in [3.8, 4) is 0 Å². The minimum atomic E-state index is -4.96. The molecule has 0 aromatic rings. The fourth-order valence-electron chi connectivity index (χ4n) is 12.0. The third kappa shape index (κ3) is 70.9. The number of carbonyl (C=O) groups is 4. The maximum absolute atomic E-state index is 13.1. The molecule has 0 spiro atoms. The van der Waals surface area contributed by atoms with Crippen LogP contribution in [0.25, 0.3) is 0 Å². The van der Waals surface area contributed by atoms with Gasteiger partial charge in [0, 0.05) is 25.7 Å². The van der Waals surface area contributed by atoms with E-state index in [-0.39, 0.29) is 25.7 Å². The van der Waals surface area contributed by atoms with E-state index in [1.807, 2.05) is 0 Å². The van der Waals surface area contributed by atoms with Crippen LogP contribution in [0.2, 0.25) is 0 Å². The number of phosphoric acid groups is 2. The second-order valence-electron chi connectivity index (χ2n) is 28.8. The van der Waals surface area contributed by atoms with Crippen molar-refractivity contribution in [3.63, 3.8) is 0 Å². The van der Waals surface area contributed by atoms with Crippen molar-refractivity contribution in [3.05, 3.63) is 0 Å². The summed E-state index contributed by atoms with van der Waals surface area (Å²) in [6, 6.07) is 0. The largest absolute Gasteiger partial charge is 0.472 e. The first-order chi connectivity index (χ1) is 46.9. The number of carbonyl (C=O) groups excluding carboxylic acids is 4. The Balaban J connectivity index is 5.27. The molecule has 0 saturated heterocycles. The quantitative estimate of drug-likeness (QED) is 0.0222. The summed E-state index contributed by atoms with van der Waals surface area (Å²) in [5.74, 6) is -0.562. The zero-order valence-electron chi connectivity index (χ0n) is 63.4. The molecular formula is C78H152O17P2. The van der Waals surface area contributed by atoms with Crippen LogP contribution in [0.4, 0.5) is 0 Å². The number of aliphatic hydroxyl groups is 1. The Bertz CT molecular complexity index is 1870. The summed E-state index contributed by atoms with van der Waals surface area (Å²) < 4.78 is 68.7. The standard InChI is InChI=1S/C78H152O17P2/c1-7-10-12-14-16-18-20-22-24-25-26-28-32-37-45-51-57-63-78(83)94-73(66-88-75(80)60-54-48-42-35-33-29-30-34-40-46-52-58-70(4)5)68-92-96(84,85)90-64-72(79)65-91-97(86,87)93-69-74(67-89-76(81)61-55-49-43-39-38-41-47-53-59-71(6)9-3)95-77(82)62-56-50-44-36-31-27-23-21-19-17-15-13-11-8-2/h70-74,79H,7-69H2,1-6H3,(H,84,85)(H,86,87)/t71?,72-,73-,74-/m1/s1. The minimum Gasteiger partial charge on any atom is -0.462 e. The lowest BCUT2D eigenvalue weighted by Crippen LogP contribution is -2.30. The van der Waals surface area contributed by atoms with Crippen LogP contribution in [0.3, 0.4) is 0 Å². The average Bonchev–Trinajstić information content (AvgIpc) is 1.12. The van der Waals surface area contributed by atoms with E-state index in [4.69, 9.17) is 37.0 Å². The summed E-state index contributed by atoms with van der Waals surface area (Å²) >= 11 is 0. The molecule has 0 aliphatic heterocycles. The predicted octanol–water partition coefficient (Wildman–Crippen LogP) is 23.1.